The van der Waals surface area contributed by atoms with Crippen molar-refractivity contribution in [3.8, 4) is 0 Å². The highest BCUT2D eigenvalue weighted by Crippen LogP contribution is 2.36. The number of ether oxygens (including phenoxy) is 1. The number of benzene rings is 3. The van der Waals surface area contributed by atoms with Crippen molar-refractivity contribution in [3.05, 3.63) is 118 Å². The Labute approximate surface area is 636 Å². The largest absolute Gasteiger partial charge is 0.454 e. The van der Waals surface area contributed by atoms with Crippen molar-refractivity contribution >= 4 is 98.4 Å². The van der Waals surface area contributed by atoms with Crippen LogP contribution in [-0.4, -0.2) is 232 Å². The SMILES string of the molecule is CC(C)C[C@@H]1NC(=O)[C@H](CCCCN=[N+]=[N-])NC(=O)[C@H](Cc2ccccc2)NC(=O)COC(=O)[C@@H]2CCCN2C(=O)[C@H](CCSSC(C)(C)C)NC(=O)[C@H](Cc2ccccc2)NC(=O)[C@H](C)NC(=O)[C@H](C)N(C)C(=O)[C@H](Cc2ccccc2)N(C)C(=O)[C@H](C)NC(=O)[C@H](CC(C)C)N(C)C(=O)[C@H](C)N(C)C1=O. The molecule has 3 aromatic rings. The van der Waals surface area contributed by atoms with E-state index >= 15 is 0 Å². The van der Waals surface area contributed by atoms with E-state index in [9.17, 15) is 62.3 Å². The van der Waals surface area contributed by atoms with Crippen LogP contribution in [0.1, 0.15) is 144 Å². The Kier molecular flexibility index (Phi) is 35.5. The van der Waals surface area contributed by atoms with Gasteiger partial charge in [-0.3, -0.25) is 57.5 Å². The molecule has 0 spiro atoms. The summed E-state index contributed by atoms with van der Waals surface area (Å²) in [5, 5.41) is 22.9. The van der Waals surface area contributed by atoms with E-state index in [1.807, 2.05) is 48.5 Å². The molecular formula is C76H111N15O14S2. The van der Waals surface area contributed by atoms with Crippen molar-refractivity contribution in [3.63, 3.8) is 0 Å². The molecule has 0 saturated carbocycles. The maximum Gasteiger partial charge on any atom is 0.329 e. The van der Waals surface area contributed by atoms with Crippen LogP contribution in [-0.2, 0) is 86.3 Å². The summed E-state index contributed by atoms with van der Waals surface area (Å²) in [4.78, 5) is 199. The molecule has 0 bridgehead atoms. The quantitative estimate of drug-likeness (QED) is 0.0203. The van der Waals surface area contributed by atoms with Crippen molar-refractivity contribution in [1.29, 1.82) is 0 Å². The highest BCUT2D eigenvalue weighted by molar-refractivity contribution is 8.77. The summed E-state index contributed by atoms with van der Waals surface area (Å²) in [5.41, 5.74) is 10.9. The molecule has 12 atom stereocenters. The summed E-state index contributed by atoms with van der Waals surface area (Å²) < 4.78 is 5.45. The number of likely N-dealkylation sites (N-methyl/N-ethyl adjacent to an activating group) is 4. The fourth-order valence-electron chi connectivity index (χ4n) is 12.4. The van der Waals surface area contributed by atoms with Crippen LogP contribution in [0, 0.1) is 11.8 Å². The summed E-state index contributed by atoms with van der Waals surface area (Å²) in [6.45, 7) is 18.3. The molecule has 12 amide bonds. The molecule has 0 aromatic heterocycles. The van der Waals surface area contributed by atoms with Gasteiger partial charge in [0.25, 0.3) is 5.91 Å². The van der Waals surface area contributed by atoms with Crippen molar-refractivity contribution < 1.29 is 67.1 Å². The summed E-state index contributed by atoms with van der Waals surface area (Å²) in [7, 11) is 8.58. The van der Waals surface area contributed by atoms with Gasteiger partial charge >= 0.3 is 5.97 Å². The molecule has 0 aliphatic carbocycles. The summed E-state index contributed by atoms with van der Waals surface area (Å²) >= 11 is 0. The number of amides is 12. The van der Waals surface area contributed by atoms with Crippen LogP contribution in [0.25, 0.3) is 10.4 Å². The van der Waals surface area contributed by atoms with E-state index < -0.39 is 156 Å². The fraction of sp³-hybridized carbons (Fsp3) is 0.592. The second-order valence-electron chi connectivity index (χ2n) is 29.4. The molecule has 0 radical (unpaired) electrons. The van der Waals surface area contributed by atoms with E-state index in [2.05, 4.69) is 47.2 Å². The predicted molar refractivity (Wildman–Crippen MR) is 410 cm³/mol. The number of fused-ring (bicyclic) bond motifs is 1. The first-order valence-electron chi connectivity index (χ1n) is 36.6. The first-order valence-corrected chi connectivity index (χ1v) is 38.9. The lowest BCUT2D eigenvalue weighted by Gasteiger charge is -2.36. The van der Waals surface area contributed by atoms with Gasteiger partial charge < -0.3 is 66.5 Å². The molecule has 2 aliphatic rings. The molecule has 2 fully saturated rings. The van der Waals surface area contributed by atoms with Crippen LogP contribution in [0.5, 0.6) is 0 Å². The number of esters is 1. The standard InChI is InChI=1S/C76H111N15O14S2/c1-46(2)40-59-72(101)88(13)51(8)71(100)89(14)61(41-47(3)4)69(98)80-49(6)70(99)90(15)62(44-54-32-23-18-24-33-54)74(103)87(12)50(7)65(94)79-48(5)64(93)84-58(43-53-30-21-17-22-31-53)68(97)83-56(36-39-106-107-76(9,10)11)73(102)91-38-27-35-60(91)75(104)105-45-63(92)81-57(42-52-28-19-16-20-29-52)67(96)82-55(66(95)85-59)34-25-26-37-78-86-77/h16-24,28-33,46-51,55-62H,25-27,34-45H2,1-15H3,(H,79,94)(H,80,98)(H,81,92)(H,82,96)(H,83,97)(H,84,93)(H,85,95)/t48-,49-,50-,51-,55-,56-,57-,58-,59-,60-,61-,62-/m0/s1. The number of carbonyl (C=O) groups excluding carboxylic acids is 13. The Hall–Kier alpha value is -9.22. The van der Waals surface area contributed by atoms with Crippen LogP contribution in [0.3, 0.4) is 0 Å². The normalized spacial score (nSPS) is 25.1. The second-order valence-corrected chi connectivity index (χ2v) is 32.6. The van der Waals surface area contributed by atoms with E-state index in [-0.39, 0.29) is 87.5 Å². The highest BCUT2D eigenvalue weighted by Gasteiger charge is 2.43. The number of nitrogens with one attached hydrogen (secondary N) is 7. The fourth-order valence-corrected chi connectivity index (χ4v) is 14.7. The van der Waals surface area contributed by atoms with Gasteiger partial charge in [0, 0.05) is 76.0 Å². The minimum absolute atomic E-state index is 0.0386. The number of hydrogen-bond acceptors (Lipinski definition) is 17. The number of azide groups is 1. The third-order valence-corrected chi connectivity index (χ3v) is 22.1. The molecule has 0 unspecified atom stereocenters. The minimum Gasteiger partial charge on any atom is -0.454 e. The zero-order valence-electron chi connectivity index (χ0n) is 64.5. The molecule has 31 heteroatoms. The maximum absolute atomic E-state index is 15.0. The average Bonchev–Trinajstić information content (AvgIpc) is 1.73. The predicted octanol–water partition coefficient (Wildman–Crippen LogP) is 5.19. The molecule has 5 rings (SSSR count). The summed E-state index contributed by atoms with van der Waals surface area (Å²) in [5.74, 6) is -9.99. The second kappa shape index (κ2) is 42.9. The number of nitrogens with zero attached hydrogens (tertiary/aromatic N) is 8. The van der Waals surface area contributed by atoms with Gasteiger partial charge in [0.05, 0.1) is 0 Å². The van der Waals surface area contributed by atoms with Gasteiger partial charge in [-0.1, -0.05) is 173 Å². The number of rotatable bonds is 19. The third-order valence-electron chi connectivity index (χ3n) is 18.7. The Balaban J connectivity index is 1.59. The zero-order valence-corrected chi connectivity index (χ0v) is 66.1. The molecule has 2 saturated heterocycles. The Bertz CT molecular complexity index is 3580. The lowest BCUT2D eigenvalue weighted by atomic mass is 9.99. The van der Waals surface area contributed by atoms with Gasteiger partial charge in [-0.15, -0.1) is 0 Å². The smallest absolute Gasteiger partial charge is 0.329 e. The lowest BCUT2D eigenvalue weighted by Crippen LogP contribution is -2.60. The number of unbranched alkanes of at least 4 members (excludes halogenated alkanes) is 1. The van der Waals surface area contributed by atoms with Crippen LogP contribution in [0.2, 0.25) is 0 Å². The third kappa shape index (κ3) is 27.8. The first kappa shape index (κ1) is 88.4. The van der Waals surface area contributed by atoms with E-state index in [4.69, 9.17) is 10.3 Å². The van der Waals surface area contributed by atoms with Gasteiger partial charge in [0.2, 0.25) is 65.0 Å². The molecule has 2 heterocycles. The Morgan fingerprint density at radius 1 is 0.505 bits per heavy atom. The van der Waals surface area contributed by atoms with Crippen molar-refractivity contribution in [1.82, 2.24) is 61.7 Å². The van der Waals surface area contributed by atoms with Crippen molar-refractivity contribution in [2.75, 3.05) is 53.6 Å². The van der Waals surface area contributed by atoms with E-state index in [1.165, 1.54) is 81.4 Å². The van der Waals surface area contributed by atoms with Crippen molar-refractivity contribution in [2.45, 2.75) is 224 Å². The zero-order chi connectivity index (χ0) is 79.4. The molecule has 586 valence electrons. The van der Waals surface area contributed by atoms with Crippen LogP contribution in [0.4, 0.5) is 0 Å². The van der Waals surface area contributed by atoms with Crippen LogP contribution < -0.4 is 37.2 Å². The Morgan fingerprint density at radius 2 is 1.00 bits per heavy atom. The van der Waals surface area contributed by atoms with Gasteiger partial charge in [-0.05, 0) is 107 Å². The first-order chi connectivity index (χ1) is 50.5. The molecule has 29 nitrogen and oxygen atoms in total. The maximum atomic E-state index is 15.0. The van der Waals surface area contributed by atoms with Crippen molar-refractivity contribution in [2.24, 2.45) is 17.0 Å². The van der Waals surface area contributed by atoms with E-state index in [0.717, 1.165) is 9.80 Å². The summed E-state index contributed by atoms with van der Waals surface area (Å²) in [6.07, 6.45) is 0.971. The molecule has 7 N–H and O–H groups in total. The summed E-state index contributed by atoms with van der Waals surface area (Å²) in [6, 6.07) is 10.7. The average molecular weight is 1520 g/mol. The van der Waals surface area contributed by atoms with Gasteiger partial charge in [-0.25, -0.2) is 4.79 Å². The number of carbonyl (C=O) groups is 13. The topological polar surface area (TPSA) is 380 Å². The molecule has 107 heavy (non-hydrogen) atoms. The van der Waals surface area contributed by atoms with E-state index in [0.29, 0.717) is 35.3 Å². The number of hydrogen-bond donors (Lipinski definition) is 7. The molecule has 2 aliphatic heterocycles. The number of cyclic esters (lactones) is 1. The van der Waals surface area contributed by atoms with E-state index in [1.54, 1.807) is 102 Å². The van der Waals surface area contributed by atoms with Crippen LogP contribution in [0.15, 0.2) is 96.1 Å². The van der Waals surface area contributed by atoms with Gasteiger partial charge in [0.15, 0.2) is 6.61 Å². The van der Waals surface area contributed by atoms with Gasteiger partial charge in [-0.2, -0.15) is 0 Å². The van der Waals surface area contributed by atoms with Crippen LogP contribution >= 0.6 is 21.6 Å². The monoisotopic (exact) mass is 1520 g/mol. The Morgan fingerprint density at radius 3 is 1.55 bits per heavy atom. The van der Waals surface area contributed by atoms with Gasteiger partial charge in [0.1, 0.15) is 72.5 Å². The molecule has 3 aromatic carbocycles. The highest BCUT2D eigenvalue weighted by atomic mass is 33.1. The minimum atomic E-state index is -1.40. The lowest BCUT2D eigenvalue weighted by molar-refractivity contribution is -0.157. The molecular weight excluding hydrogens is 1410 g/mol.